The van der Waals surface area contributed by atoms with Crippen LogP contribution in [0.25, 0.3) is 11.4 Å². The molecule has 1 N–H and O–H groups in total. The number of hydrogen-bond acceptors (Lipinski definition) is 3. The van der Waals surface area contributed by atoms with Gasteiger partial charge >= 0.3 is 0 Å². The zero-order valence-electron chi connectivity index (χ0n) is 9.12. The Balaban J connectivity index is 2.46. The number of aryl methyl sites for hydroxylation is 1. The van der Waals surface area contributed by atoms with E-state index < -0.39 is 0 Å². The van der Waals surface area contributed by atoms with Crippen LogP contribution in [0.3, 0.4) is 0 Å². The van der Waals surface area contributed by atoms with Gasteiger partial charge < -0.3 is 4.74 Å². The molecule has 0 atom stereocenters. The lowest BCUT2D eigenvalue weighted by Crippen LogP contribution is -1.89. The van der Waals surface area contributed by atoms with Crippen molar-refractivity contribution in [3.8, 4) is 17.1 Å². The Morgan fingerprint density at radius 3 is 2.88 bits per heavy atom. The molecule has 0 radical (unpaired) electrons. The zero-order chi connectivity index (χ0) is 11.5. The zero-order valence-corrected chi connectivity index (χ0v) is 9.88. The third kappa shape index (κ3) is 2.02. The normalized spacial score (nSPS) is 10.4. The number of rotatable bonds is 3. The molecule has 0 aliphatic rings. The van der Waals surface area contributed by atoms with Crippen molar-refractivity contribution in [1.29, 1.82) is 0 Å². The smallest absolute Gasteiger partial charge is 0.184 e. The number of halogens is 1. The Hall–Kier alpha value is -1.55. The van der Waals surface area contributed by atoms with Crippen LogP contribution in [0.15, 0.2) is 18.2 Å². The average molecular weight is 238 g/mol. The number of methoxy groups -OCH3 is 1. The lowest BCUT2D eigenvalue weighted by molar-refractivity contribution is 0.416. The van der Waals surface area contributed by atoms with Gasteiger partial charge in [-0.05, 0) is 18.2 Å². The molecule has 0 aliphatic carbocycles. The first-order valence-corrected chi connectivity index (χ1v) is 5.37. The van der Waals surface area contributed by atoms with Crippen LogP contribution in [-0.4, -0.2) is 22.3 Å². The highest BCUT2D eigenvalue weighted by atomic mass is 35.5. The van der Waals surface area contributed by atoms with Gasteiger partial charge in [0.15, 0.2) is 5.82 Å². The Morgan fingerprint density at radius 1 is 1.44 bits per heavy atom. The van der Waals surface area contributed by atoms with Gasteiger partial charge in [0.2, 0.25) is 0 Å². The van der Waals surface area contributed by atoms with E-state index in [-0.39, 0.29) is 0 Å². The fraction of sp³-hybridized carbons (Fsp3) is 0.273. The van der Waals surface area contributed by atoms with Gasteiger partial charge in [0.25, 0.3) is 0 Å². The minimum absolute atomic E-state index is 0.630. The van der Waals surface area contributed by atoms with Crippen molar-refractivity contribution in [2.24, 2.45) is 0 Å². The fourth-order valence-corrected chi connectivity index (χ4v) is 1.59. The molecule has 0 saturated heterocycles. The van der Waals surface area contributed by atoms with Gasteiger partial charge in [-0.25, -0.2) is 4.98 Å². The van der Waals surface area contributed by atoms with E-state index in [0.29, 0.717) is 16.6 Å². The summed E-state index contributed by atoms with van der Waals surface area (Å²) in [5, 5.41) is 7.64. The molecule has 1 heterocycles. The molecule has 2 aromatic rings. The molecule has 2 rings (SSSR count). The number of nitrogens with zero attached hydrogens (tertiary/aromatic N) is 2. The average Bonchev–Trinajstić information content (AvgIpc) is 2.77. The first kappa shape index (κ1) is 11.0. The molecule has 84 valence electrons. The lowest BCUT2D eigenvalue weighted by atomic mass is 10.2. The monoisotopic (exact) mass is 237 g/mol. The van der Waals surface area contributed by atoms with Crippen LogP contribution < -0.4 is 4.74 Å². The second kappa shape index (κ2) is 4.53. The van der Waals surface area contributed by atoms with Gasteiger partial charge in [0.05, 0.1) is 12.7 Å². The largest absolute Gasteiger partial charge is 0.496 e. The van der Waals surface area contributed by atoms with E-state index in [2.05, 4.69) is 15.2 Å². The number of nitrogens with one attached hydrogen (secondary N) is 1. The molecule has 0 amide bonds. The van der Waals surface area contributed by atoms with Gasteiger partial charge in [0.1, 0.15) is 11.6 Å². The highest BCUT2D eigenvalue weighted by molar-refractivity contribution is 6.30. The molecule has 0 unspecified atom stereocenters. The predicted molar refractivity (Wildman–Crippen MR) is 62.8 cm³/mol. The molecule has 0 spiro atoms. The van der Waals surface area contributed by atoms with Crippen molar-refractivity contribution in [1.82, 2.24) is 15.2 Å². The molecule has 0 saturated carbocycles. The minimum atomic E-state index is 0.630. The fourth-order valence-electron chi connectivity index (χ4n) is 1.42. The second-order valence-electron chi connectivity index (χ2n) is 3.30. The third-order valence-corrected chi connectivity index (χ3v) is 2.51. The number of aromatic amines is 1. The molecular weight excluding hydrogens is 226 g/mol. The van der Waals surface area contributed by atoms with Gasteiger partial charge in [-0.1, -0.05) is 18.5 Å². The number of aromatic nitrogens is 3. The molecule has 0 fully saturated rings. The number of hydrogen-bond donors (Lipinski definition) is 1. The molecule has 1 aromatic heterocycles. The Kier molecular flexibility index (Phi) is 3.10. The van der Waals surface area contributed by atoms with E-state index in [0.717, 1.165) is 17.8 Å². The van der Waals surface area contributed by atoms with Gasteiger partial charge in [-0.15, -0.1) is 0 Å². The SMILES string of the molecule is CCc1nc(-c2ccc(Cl)cc2OC)n[nH]1. The first-order valence-electron chi connectivity index (χ1n) is 4.99. The van der Waals surface area contributed by atoms with Gasteiger partial charge in [-0.3, -0.25) is 5.10 Å². The Bertz CT molecular complexity index is 496. The van der Waals surface area contributed by atoms with Crippen LogP contribution in [0.5, 0.6) is 5.75 Å². The van der Waals surface area contributed by atoms with Crippen LogP contribution in [0.4, 0.5) is 0 Å². The van der Waals surface area contributed by atoms with E-state index in [9.17, 15) is 0 Å². The summed E-state index contributed by atoms with van der Waals surface area (Å²) in [6, 6.07) is 5.39. The maximum Gasteiger partial charge on any atom is 0.184 e. The van der Waals surface area contributed by atoms with Crippen LogP contribution in [0.1, 0.15) is 12.7 Å². The van der Waals surface area contributed by atoms with Crippen molar-refractivity contribution in [2.45, 2.75) is 13.3 Å². The van der Waals surface area contributed by atoms with Crippen molar-refractivity contribution in [3.63, 3.8) is 0 Å². The van der Waals surface area contributed by atoms with E-state index in [1.807, 2.05) is 13.0 Å². The van der Waals surface area contributed by atoms with Crippen molar-refractivity contribution in [3.05, 3.63) is 29.0 Å². The van der Waals surface area contributed by atoms with Gasteiger partial charge in [-0.2, -0.15) is 5.10 Å². The molecule has 0 aliphatic heterocycles. The quantitative estimate of drug-likeness (QED) is 0.893. The maximum atomic E-state index is 5.89. The molecule has 16 heavy (non-hydrogen) atoms. The molecule has 0 bridgehead atoms. The minimum Gasteiger partial charge on any atom is -0.496 e. The third-order valence-electron chi connectivity index (χ3n) is 2.27. The van der Waals surface area contributed by atoms with Crippen LogP contribution in [0.2, 0.25) is 5.02 Å². The Labute approximate surface area is 98.6 Å². The van der Waals surface area contributed by atoms with Crippen LogP contribution in [-0.2, 0) is 6.42 Å². The molecule has 5 heteroatoms. The van der Waals surface area contributed by atoms with Crippen molar-refractivity contribution >= 4 is 11.6 Å². The maximum absolute atomic E-state index is 5.89. The lowest BCUT2D eigenvalue weighted by Gasteiger charge is -2.05. The standard InChI is InChI=1S/C11H12ClN3O/c1-3-10-13-11(15-14-10)8-5-4-7(12)6-9(8)16-2/h4-6H,3H2,1-2H3,(H,13,14,15). The highest BCUT2D eigenvalue weighted by Gasteiger charge is 2.11. The van der Waals surface area contributed by atoms with Crippen LogP contribution >= 0.6 is 11.6 Å². The summed E-state index contributed by atoms with van der Waals surface area (Å²) >= 11 is 5.89. The molecular formula is C11H12ClN3O. The van der Waals surface area contributed by atoms with Crippen molar-refractivity contribution in [2.75, 3.05) is 7.11 Å². The summed E-state index contributed by atoms with van der Waals surface area (Å²) < 4.78 is 5.25. The summed E-state index contributed by atoms with van der Waals surface area (Å²) in [6.07, 6.45) is 0.822. The van der Waals surface area contributed by atoms with Crippen LogP contribution in [0, 0.1) is 0 Å². The van der Waals surface area contributed by atoms with E-state index in [1.54, 1.807) is 19.2 Å². The molecule has 4 nitrogen and oxygen atoms in total. The topological polar surface area (TPSA) is 50.8 Å². The number of ether oxygens (including phenoxy) is 1. The summed E-state index contributed by atoms with van der Waals surface area (Å²) in [5.41, 5.74) is 0.836. The number of H-pyrrole nitrogens is 1. The van der Waals surface area contributed by atoms with Crippen molar-refractivity contribution < 1.29 is 4.74 Å². The van der Waals surface area contributed by atoms with E-state index in [1.165, 1.54) is 0 Å². The van der Waals surface area contributed by atoms with E-state index in [4.69, 9.17) is 16.3 Å². The summed E-state index contributed by atoms with van der Waals surface area (Å²) in [6.45, 7) is 2.02. The number of benzene rings is 1. The van der Waals surface area contributed by atoms with E-state index >= 15 is 0 Å². The Morgan fingerprint density at radius 2 is 2.25 bits per heavy atom. The first-order chi connectivity index (χ1) is 7.74. The summed E-state index contributed by atoms with van der Waals surface area (Å²) in [5.74, 6) is 2.16. The molecule has 1 aromatic carbocycles. The predicted octanol–water partition coefficient (Wildman–Crippen LogP) is 2.70. The summed E-state index contributed by atoms with van der Waals surface area (Å²) in [4.78, 5) is 4.35. The summed E-state index contributed by atoms with van der Waals surface area (Å²) in [7, 11) is 1.60. The second-order valence-corrected chi connectivity index (χ2v) is 3.74. The van der Waals surface area contributed by atoms with Gasteiger partial charge in [0, 0.05) is 11.4 Å². The highest BCUT2D eigenvalue weighted by Crippen LogP contribution is 2.30.